The van der Waals surface area contributed by atoms with E-state index in [1.54, 1.807) is 0 Å². The minimum absolute atomic E-state index is 0.148. The fourth-order valence-corrected chi connectivity index (χ4v) is 1.40. The molecule has 0 heterocycles. The largest absolute Gasteiger partial charge is 0.325 e. The standard InChI is InChI=1S/C11H16ClN/c1-3-11(2,13)8-9-6-4-5-7-10(9)12/h4-7H,3,8,13H2,1-2H3. The van der Waals surface area contributed by atoms with Crippen LogP contribution >= 0.6 is 11.6 Å². The lowest BCUT2D eigenvalue weighted by atomic mass is 9.91. The maximum absolute atomic E-state index is 6.06. The van der Waals surface area contributed by atoms with Gasteiger partial charge in [0.15, 0.2) is 0 Å². The molecule has 1 unspecified atom stereocenters. The van der Waals surface area contributed by atoms with Crippen molar-refractivity contribution in [3.8, 4) is 0 Å². The van der Waals surface area contributed by atoms with Gasteiger partial charge in [-0.25, -0.2) is 0 Å². The Bertz CT molecular complexity index is 281. The number of hydrogen-bond donors (Lipinski definition) is 1. The summed E-state index contributed by atoms with van der Waals surface area (Å²) in [6.07, 6.45) is 1.79. The predicted octanol–water partition coefficient (Wildman–Crippen LogP) is 3.01. The summed E-state index contributed by atoms with van der Waals surface area (Å²) >= 11 is 6.03. The van der Waals surface area contributed by atoms with Crippen LogP contribution in [0.2, 0.25) is 5.02 Å². The molecule has 0 spiro atoms. The number of hydrogen-bond acceptors (Lipinski definition) is 1. The Labute approximate surface area is 84.9 Å². The van der Waals surface area contributed by atoms with E-state index >= 15 is 0 Å². The summed E-state index contributed by atoms with van der Waals surface area (Å²) < 4.78 is 0. The van der Waals surface area contributed by atoms with E-state index in [1.165, 1.54) is 0 Å². The summed E-state index contributed by atoms with van der Waals surface area (Å²) in [5, 5.41) is 0.813. The molecule has 1 aromatic rings. The van der Waals surface area contributed by atoms with Gasteiger partial charge >= 0.3 is 0 Å². The van der Waals surface area contributed by atoms with Crippen LogP contribution in [0.1, 0.15) is 25.8 Å². The van der Waals surface area contributed by atoms with Gasteiger partial charge in [0, 0.05) is 10.6 Å². The van der Waals surface area contributed by atoms with Gasteiger partial charge in [0.25, 0.3) is 0 Å². The van der Waals surface area contributed by atoms with E-state index in [-0.39, 0.29) is 5.54 Å². The molecule has 0 aromatic heterocycles. The molecule has 1 nitrogen and oxygen atoms in total. The summed E-state index contributed by atoms with van der Waals surface area (Å²) in [4.78, 5) is 0. The van der Waals surface area contributed by atoms with Crippen LogP contribution in [0.4, 0.5) is 0 Å². The molecule has 1 rings (SSSR count). The Kier molecular flexibility index (Phi) is 3.34. The summed E-state index contributed by atoms with van der Waals surface area (Å²) in [6, 6.07) is 7.87. The van der Waals surface area contributed by atoms with Crippen molar-refractivity contribution >= 4 is 11.6 Å². The highest BCUT2D eigenvalue weighted by atomic mass is 35.5. The summed E-state index contributed by atoms with van der Waals surface area (Å²) in [6.45, 7) is 4.15. The van der Waals surface area contributed by atoms with E-state index in [9.17, 15) is 0 Å². The van der Waals surface area contributed by atoms with Crippen molar-refractivity contribution < 1.29 is 0 Å². The number of halogens is 1. The van der Waals surface area contributed by atoms with Crippen molar-refractivity contribution in [3.05, 3.63) is 34.9 Å². The van der Waals surface area contributed by atoms with E-state index in [0.29, 0.717) is 0 Å². The first-order chi connectivity index (χ1) is 6.05. The minimum Gasteiger partial charge on any atom is -0.325 e. The monoisotopic (exact) mass is 197 g/mol. The normalized spacial score (nSPS) is 15.4. The van der Waals surface area contributed by atoms with Crippen molar-refractivity contribution in [1.82, 2.24) is 0 Å². The second-order valence-electron chi connectivity index (χ2n) is 3.78. The fourth-order valence-electron chi connectivity index (χ4n) is 1.20. The average molecular weight is 198 g/mol. The van der Waals surface area contributed by atoms with Crippen LogP contribution in [0, 0.1) is 0 Å². The van der Waals surface area contributed by atoms with E-state index in [0.717, 1.165) is 23.4 Å². The Balaban J connectivity index is 2.80. The highest BCUT2D eigenvalue weighted by molar-refractivity contribution is 6.31. The first kappa shape index (κ1) is 10.6. The molecule has 0 bridgehead atoms. The Morgan fingerprint density at radius 1 is 1.38 bits per heavy atom. The molecule has 0 aliphatic rings. The van der Waals surface area contributed by atoms with Gasteiger partial charge < -0.3 is 5.73 Å². The molecule has 72 valence electrons. The zero-order valence-corrected chi connectivity index (χ0v) is 8.93. The average Bonchev–Trinajstić information content (AvgIpc) is 2.09. The van der Waals surface area contributed by atoms with Gasteiger partial charge in [-0.15, -0.1) is 0 Å². The smallest absolute Gasteiger partial charge is 0.0438 e. The van der Waals surface area contributed by atoms with E-state index < -0.39 is 0 Å². The van der Waals surface area contributed by atoms with Gasteiger partial charge in [0.05, 0.1) is 0 Å². The SMILES string of the molecule is CCC(C)(N)Cc1ccccc1Cl. The molecule has 0 fully saturated rings. The molecular formula is C11H16ClN. The topological polar surface area (TPSA) is 26.0 Å². The van der Waals surface area contributed by atoms with Crippen molar-refractivity contribution in [2.45, 2.75) is 32.2 Å². The maximum Gasteiger partial charge on any atom is 0.0438 e. The highest BCUT2D eigenvalue weighted by Gasteiger charge is 2.17. The molecule has 0 saturated heterocycles. The second-order valence-corrected chi connectivity index (χ2v) is 4.18. The number of nitrogens with two attached hydrogens (primary N) is 1. The molecule has 0 amide bonds. The Hall–Kier alpha value is -0.530. The summed E-state index contributed by atoms with van der Waals surface area (Å²) in [7, 11) is 0. The van der Waals surface area contributed by atoms with Crippen LogP contribution in [0.15, 0.2) is 24.3 Å². The minimum atomic E-state index is -0.148. The molecule has 0 aliphatic heterocycles. The quantitative estimate of drug-likeness (QED) is 0.792. The van der Waals surface area contributed by atoms with Crippen molar-refractivity contribution in [2.75, 3.05) is 0 Å². The zero-order valence-electron chi connectivity index (χ0n) is 8.18. The van der Waals surface area contributed by atoms with Crippen LogP contribution in [-0.4, -0.2) is 5.54 Å². The number of rotatable bonds is 3. The van der Waals surface area contributed by atoms with Gasteiger partial charge in [0.1, 0.15) is 0 Å². The van der Waals surface area contributed by atoms with Crippen molar-refractivity contribution in [2.24, 2.45) is 5.73 Å². The summed E-state index contributed by atoms with van der Waals surface area (Å²) in [5.41, 5.74) is 7.05. The second kappa shape index (κ2) is 4.12. The molecule has 1 aromatic carbocycles. The first-order valence-electron chi connectivity index (χ1n) is 4.57. The lowest BCUT2D eigenvalue weighted by molar-refractivity contribution is 0.450. The molecule has 0 saturated carbocycles. The third-order valence-corrected chi connectivity index (χ3v) is 2.73. The van der Waals surface area contributed by atoms with Crippen LogP contribution in [0.25, 0.3) is 0 Å². The molecule has 13 heavy (non-hydrogen) atoms. The van der Waals surface area contributed by atoms with Crippen LogP contribution in [0.3, 0.4) is 0 Å². The van der Waals surface area contributed by atoms with Gasteiger partial charge in [0.2, 0.25) is 0 Å². The van der Waals surface area contributed by atoms with Gasteiger partial charge in [-0.3, -0.25) is 0 Å². The molecule has 0 radical (unpaired) electrons. The molecule has 2 N–H and O–H groups in total. The Morgan fingerprint density at radius 3 is 2.54 bits per heavy atom. The van der Waals surface area contributed by atoms with E-state index in [2.05, 4.69) is 13.8 Å². The lowest BCUT2D eigenvalue weighted by Crippen LogP contribution is -2.37. The van der Waals surface area contributed by atoms with E-state index in [1.807, 2.05) is 24.3 Å². The van der Waals surface area contributed by atoms with Crippen LogP contribution in [0.5, 0.6) is 0 Å². The van der Waals surface area contributed by atoms with Gasteiger partial charge in [-0.1, -0.05) is 36.7 Å². The molecule has 1 atom stereocenters. The van der Waals surface area contributed by atoms with E-state index in [4.69, 9.17) is 17.3 Å². The molecular weight excluding hydrogens is 182 g/mol. The first-order valence-corrected chi connectivity index (χ1v) is 4.95. The third kappa shape index (κ3) is 3.02. The van der Waals surface area contributed by atoms with Gasteiger partial charge in [-0.2, -0.15) is 0 Å². The van der Waals surface area contributed by atoms with Gasteiger partial charge in [-0.05, 0) is 31.4 Å². The third-order valence-electron chi connectivity index (χ3n) is 2.36. The number of benzene rings is 1. The fraction of sp³-hybridized carbons (Fsp3) is 0.455. The summed E-state index contributed by atoms with van der Waals surface area (Å²) in [5.74, 6) is 0. The van der Waals surface area contributed by atoms with Crippen molar-refractivity contribution in [3.63, 3.8) is 0 Å². The zero-order chi connectivity index (χ0) is 9.90. The predicted molar refractivity (Wildman–Crippen MR) is 58.0 cm³/mol. The van der Waals surface area contributed by atoms with Crippen molar-refractivity contribution in [1.29, 1.82) is 0 Å². The van der Waals surface area contributed by atoms with Crippen LogP contribution in [-0.2, 0) is 6.42 Å². The maximum atomic E-state index is 6.06. The molecule has 0 aliphatic carbocycles. The highest BCUT2D eigenvalue weighted by Crippen LogP contribution is 2.21. The Morgan fingerprint density at radius 2 is 2.00 bits per heavy atom. The lowest BCUT2D eigenvalue weighted by Gasteiger charge is -2.23. The van der Waals surface area contributed by atoms with Crippen LogP contribution < -0.4 is 5.73 Å². The molecule has 2 heteroatoms.